The van der Waals surface area contributed by atoms with Crippen molar-refractivity contribution < 1.29 is 4.79 Å². The third-order valence-electron chi connectivity index (χ3n) is 2.00. The van der Waals surface area contributed by atoms with Gasteiger partial charge >= 0.3 is 0 Å². The molecule has 15 heavy (non-hydrogen) atoms. The SMILES string of the molecule is NC1=NN(c2ccccc2)C(=O)CCS1. The number of benzene rings is 1. The van der Waals surface area contributed by atoms with Gasteiger partial charge in [0.05, 0.1) is 5.69 Å². The van der Waals surface area contributed by atoms with Crippen LogP contribution in [0.5, 0.6) is 0 Å². The molecule has 2 N–H and O–H groups in total. The van der Waals surface area contributed by atoms with Crippen LogP contribution in [0, 0.1) is 0 Å². The van der Waals surface area contributed by atoms with Crippen molar-refractivity contribution in [3.63, 3.8) is 0 Å². The molecule has 1 aromatic carbocycles. The first-order valence-electron chi connectivity index (χ1n) is 4.62. The molecule has 0 saturated carbocycles. The average molecular weight is 221 g/mol. The Morgan fingerprint density at radius 3 is 2.80 bits per heavy atom. The van der Waals surface area contributed by atoms with E-state index in [1.807, 2.05) is 30.3 Å². The molecule has 0 radical (unpaired) electrons. The highest BCUT2D eigenvalue weighted by atomic mass is 32.2. The zero-order chi connectivity index (χ0) is 10.7. The predicted octanol–water partition coefficient (Wildman–Crippen LogP) is 1.39. The maximum Gasteiger partial charge on any atom is 0.248 e. The molecule has 0 fully saturated rings. The number of rotatable bonds is 1. The summed E-state index contributed by atoms with van der Waals surface area (Å²) in [7, 11) is 0. The molecule has 1 aliphatic heterocycles. The van der Waals surface area contributed by atoms with Crippen molar-refractivity contribution in [2.24, 2.45) is 10.8 Å². The second-order valence-electron chi connectivity index (χ2n) is 3.08. The minimum Gasteiger partial charge on any atom is -0.377 e. The summed E-state index contributed by atoms with van der Waals surface area (Å²) >= 11 is 1.41. The lowest BCUT2D eigenvalue weighted by Gasteiger charge is -2.14. The van der Waals surface area contributed by atoms with E-state index in [4.69, 9.17) is 5.73 Å². The summed E-state index contributed by atoms with van der Waals surface area (Å²) in [6.07, 6.45) is 0.462. The Kier molecular flexibility index (Phi) is 2.91. The van der Waals surface area contributed by atoms with E-state index < -0.39 is 0 Å². The Balaban J connectivity index is 2.33. The van der Waals surface area contributed by atoms with E-state index >= 15 is 0 Å². The summed E-state index contributed by atoms with van der Waals surface area (Å²) in [4.78, 5) is 11.7. The molecule has 0 atom stereocenters. The summed E-state index contributed by atoms with van der Waals surface area (Å²) in [5.41, 5.74) is 6.40. The number of anilines is 1. The van der Waals surface area contributed by atoms with Gasteiger partial charge in [-0.15, -0.1) is 5.10 Å². The molecule has 4 nitrogen and oxygen atoms in total. The normalized spacial score (nSPS) is 17.2. The van der Waals surface area contributed by atoms with Crippen LogP contribution in [0.15, 0.2) is 35.4 Å². The van der Waals surface area contributed by atoms with E-state index in [0.717, 1.165) is 5.69 Å². The molecule has 0 aliphatic carbocycles. The maximum absolute atomic E-state index is 11.7. The monoisotopic (exact) mass is 221 g/mol. The molecule has 0 spiro atoms. The van der Waals surface area contributed by atoms with Gasteiger partial charge in [-0.2, -0.15) is 5.01 Å². The van der Waals surface area contributed by atoms with Crippen LogP contribution in [0.2, 0.25) is 0 Å². The van der Waals surface area contributed by atoms with E-state index in [0.29, 0.717) is 17.3 Å². The Bertz CT molecular complexity index is 391. The number of carbonyl (C=O) groups excluding carboxylic acids is 1. The molecule has 1 amide bonds. The van der Waals surface area contributed by atoms with E-state index in [9.17, 15) is 4.79 Å². The fraction of sp³-hybridized carbons (Fsp3) is 0.200. The van der Waals surface area contributed by atoms with E-state index in [1.54, 1.807) is 0 Å². The van der Waals surface area contributed by atoms with Crippen molar-refractivity contribution in [2.75, 3.05) is 10.8 Å². The van der Waals surface area contributed by atoms with Crippen LogP contribution >= 0.6 is 11.8 Å². The van der Waals surface area contributed by atoms with E-state index in [-0.39, 0.29) is 5.91 Å². The number of nitrogens with two attached hydrogens (primary N) is 1. The molecule has 2 rings (SSSR count). The fourth-order valence-corrected chi connectivity index (χ4v) is 1.93. The van der Waals surface area contributed by atoms with Gasteiger partial charge in [-0.1, -0.05) is 30.0 Å². The molecule has 78 valence electrons. The van der Waals surface area contributed by atoms with Gasteiger partial charge in [0.25, 0.3) is 0 Å². The van der Waals surface area contributed by atoms with Crippen molar-refractivity contribution >= 4 is 28.5 Å². The Morgan fingerprint density at radius 1 is 1.33 bits per heavy atom. The van der Waals surface area contributed by atoms with Gasteiger partial charge in [-0.3, -0.25) is 4.79 Å². The largest absolute Gasteiger partial charge is 0.377 e. The summed E-state index contributed by atoms with van der Waals surface area (Å²) in [5, 5.41) is 5.87. The number of para-hydroxylation sites is 1. The van der Waals surface area contributed by atoms with Gasteiger partial charge in [0, 0.05) is 12.2 Å². The second kappa shape index (κ2) is 4.35. The first kappa shape index (κ1) is 10.0. The van der Waals surface area contributed by atoms with Crippen LogP contribution in [0.3, 0.4) is 0 Å². The van der Waals surface area contributed by atoms with Crippen LogP contribution in [-0.2, 0) is 4.79 Å². The molecule has 1 aliphatic rings. The minimum absolute atomic E-state index is 0.0193. The number of amides is 1. The zero-order valence-electron chi connectivity index (χ0n) is 8.09. The molecule has 1 aromatic rings. The Hall–Kier alpha value is -1.49. The molecular weight excluding hydrogens is 210 g/mol. The van der Waals surface area contributed by atoms with Crippen LogP contribution < -0.4 is 10.7 Å². The van der Waals surface area contributed by atoms with Gasteiger partial charge in [0.1, 0.15) is 0 Å². The van der Waals surface area contributed by atoms with Crippen molar-refractivity contribution in [1.82, 2.24) is 0 Å². The second-order valence-corrected chi connectivity index (χ2v) is 4.19. The van der Waals surface area contributed by atoms with Crippen molar-refractivity contribution in [2.45, 2.75) is 6.42 Å². The molecule has 1 heterocycles. The summed E-state index contributed by atoms with van der Waals surface area (Å²) in [6, 6.07) is 9.31. The molecule has 0 unspecified atom stereocenters. The number of hydrogen-bond donors (Lipinski definition) is 1. The smallest absolute Gasteiger partial charge is 0.248 e. The van der Waals surface area contributed by atoms with Gasteiger partial charge in [0.2, 0.25) is 5.91 Å². The number of hydrazone groups is 1. The first-order valence-corrected chi connectivity index (χ1v) is 5.61. The Morgan fingerprint density at radius 2 is 2.07 bits per heavy atom. The van der Waals surface area contributed by atoms with Gasteiger partial charge < -0.3 is 5.73 Å². The highest BCUT2D eigenvalue weighted by Crippen LogP contribution is 2.19. The van der Waals surface area contributed by atoms with Gasteiger partial charge in [-0.05, 0) is 12.1 Å². The molecule has 5 heteroatoms. The molecule has 0 saturated heterocycles. The van der Waals surface area contributed by atoms with Crippen LogP contribution in [-0.4, -0.2) is 16.8 Å². The molecule has 0 bridgehead atoms. The topological polar surface area (TPSA) is 58.7 Å². The first-order chi connectivity index (χ1) is 7.27. The maximum atomic E-state index is 11.7. The van der Waals surface area contributed by atoms with E-state index in [1.165, 1.54) is 16.8 Å². The fourth-order valence-electron chi connectivity index (χ4n) is 1.30. The quantitative estimate of drug-likeness (QED) is 0.779. The standard InChI is InChI=1S/C10H11N3OS/c11-10-12-13(9(14)6-7-15-10)8-4-2-1-3-5-8/h1-5H,6-7H2,(H2,11,12). The summed E-state index contributed by atoms with van der Waals surface area (Å²) in [5.74, 6) is 0.673. The zero-order valence-corrected chi connectivity index (χ0v) is 8.91. The van der Waals surface area contributed by atoms with Crippen LogP contribution in [0.1, 0.15) is 6.42 Å². The Labute approximate surface area is 92.1 Å². The number of thioether (sulfide) groups is 1. The van der Waals surface area contributed by atoms with Crippen LogP contribution in [0.4, 0.5) is 5.69 Å². The minimum atomic E-state index is -0.0193. The number of hydrogen-bond acceptors (Lipinski definition) is 4. The lowest BCUT2D eigenvalue weighted by Crippen LogP contribution is -2.25. The number of amidine groups is 1. The third-order valence-corrected chi connectivity index (χ3v) is 2.79. The lowest BCUT2D eigenvalue weighted by atomic mass is 10.3. The van der Waals surface area contributed by atoms with Crippen molar-refractivity contribution in [3.05, 3.63) is 30.3 Å². The van der Waals surface area contributed by atoms with E-state index in [2.05, 4.69) is 5.10 Å². The highest BCUT2D eigenvalue weighted by Gasteiger charge is 2.18. The third kappa shape index (κ3) is 2.30. The predicted molar refractivity (Wildman–Crippen MR) is 62.6 cm³/mol. The average Bonchev–Trinajstić information content (AvgIpc) is 2.42. The van der Waals surface area contributed by atoms with Crippen molar-refractivity contribution in [3.8, 4) is 0 Å². The summed E-state index contributed by atoms with van der Waals surface area (Å²) < 4.78 is 0. The molecular formula is C10H11N3OS. The lowest BCUT2D eigenvalue weighted by molar-refractivity contribution is -0.118. The van der Waals surface area contributed by atoms with Gasteiger partial charge in [-0.25, -0.2) is 0 Å². The van der Waals surface area contributed by atoms with Crippen molar-refractivity contribution in [1.29, 1.82) is 0 Å². The van der Waals surface area contributed by atoms with Gasteiger partial charge in [0.15, 0.2) is 5.17 Å². The molecule has 0 aromatic heterocycles. The number of carbonyl (C=O) groups is 1. The van der Waals surface area contributed by atoms with Crippen LogP contribution in [0.25, 0.3) is 0 Å². The highest BCUT2D eigenvalue weighted by molar-refractivity contribution is 8.13. The summed E-state index contributed by atoms with van der Waals surface area (Å²) in [6.45, 7) is 0. The number of nitrogens with zero attached hydrogens (tertiary/aromatic N) is 2.